The Bertz CT molecular complexity index is 998. The van der Waals surface area contributed by atoms with Gasteiger partial charge in [-0.3, -0.25) is 9.78 Å². The fourth-order valence-electron chi connectivity index (χ4n) is 3.86. The fraction of sp³-hybridized carbons (Fsp3) is 0.273. The van der Waals surface area contributed by atoms with E-state index < -0.39 is 0 Å². The lowest BCUT2D eigenvalue weighted by molar-refractivity contribution is 0.0791. The number of methoxy groups -OCH3 is 1. The van der Waals surface area contributed by atoms with E-state index in [-0.39, 0.29) is 42.7 Å². The third kappa shape index (κ3) is 4.47. The molecule has 1 aliphatic rings. The van der Waals surface area contributed by atoms with E-state index in [9.17, 15) is 4.79 Å². The number of nitrogens with zero attached hydrogens (tertiary/aromatic N) is 2. The maximum atomic E-state index is 13.3. The van der Waals surface area contributed by atoms with Crippen molar-refractivity contribution < 1.29 is 9.53 Å². The molecular weight excluding hydrogens is 409 g/mol. The second-order valence-corrected chi connectivity index (χ2v) is 7.09. The van der Waals surface area contributed by atoms with E-state index in [4.69, 9.17) is 10.5 Å². The molecule has 2 N–H and O–H groups in total. The fourth-order valence-corrected chi connectivity index (χ4v) is 3.86. The molecule has 0 unspecified atom stereocenters. The van der Waals surface area contributed by atoms with Crippen LogP contribution in [0.4, 0.5) is 0 Å². The molecule has 2 atom stereocenters. The Morgan fingerprint density at radius 1 is 1.10 bits per heavy atom. The minimum atomic E-state index is -0.0694. The van der Waals surface area contributed by atoms with Gasteiger partial charge in [-0.2, -0.15) is 0 Å². The minimum absolute atomic E-state index is 0. The highest BCUT2D eigenvalue weighted by Crippen LogP contribution is 2.30. The molecule has 1 fully saturated rings. The zero-order valence-electron chi connectivity index (χ0n) is 16.4. The van der Waals surface area contributed by atoms with Crippen molar-refractivity contribution in [3.8, 4) is 5.75 Å². The average molecular weight is 434 g/mol. The van der Waals surface area contributed by atoms with Gasteiger partial charge in [0.25, 0.3) is 5.91 Å². The molecule has 2 heterocycles. The highest BCUT2D eigenvalue weighted by molar-refractivity contribution is 6.06. The van der Waals surface area contributed by atoms with Crippen molar-refractivity contribution in [1.29, 1.82) is 0 Å². The lowest BCUT2D eigenvalue weighted by Gasteiger charge is -2.18. The third-order valence-corrected chi connectivity index (χ3v) is 5.25. The summed E-state index contributed by atoms with van der Waals surface area (Å²) in [5.74, 6) is 0.856. The average Bonchev–Trinajstić information content (AvgIpc) is 3.08. The van der Waals surface area contributed by atoms with Gasteiger partial charge in [-0.1, -0.05) is 30.3 Å². The van der Waals surface area contributed by atoms with Crippen LogP contribution in [-0.2, 0) is 0 Å². The number of aryl methyl sites for hydroxylation is 1. The van der Waals surface area contributed by atoms with Gasteiger partial charge < -0.3 is 15.4 Å². The molecule has 1 aliphatic heterocycles. The van der Waals surface area contributed by atoms with Crippen molar-refractivity contribution in [3.05, 3.63) is 71.4 Å². The van der Waals surface area contributed by atoms with E-state index in [1.807, 2.05) is 54.3 Å². The normalized spacial score (nSPS) is 18.1. The Balaban J connectivity index is 0.00000150. The number of benzene rings is 2. The summed E-state index contributed by atoms with van der Waals surface area (Å²) in [6, 6.07) is 17.6. The molecule has 3 aromatic rings. The molecule has 29 heavy (non-hydrogen) atoms. The zero-order valence-corrected chi connectivity index (χ0v) is 18.0. The molecule has 0 spiro atoms. The van der Waals surface area contributed by atoms with Gasteiger partial charge in [0, 0.05) is 36.1 Å². The van der Waals surface area contributed by atoms with Crippen LogP contribution in [0.25, 0.3) is 10.9 Å². The molecule has 0 saturated carbocycles. The summed E-state index contributed by atoms with van der Waals surface area (Å²) in [5.41, 5.74) is 9.82. The Morgan fingerprint density at radius 2 is 1.83 bits per heavy atom. The molecule has 4 rings (SSSR count). The quantitative estimate of drug-likeness (QED) is 0.678. The summed E-state index contributed by atoms with van der Waals surface area (Å²) in [4.78, 5) is 19.7. The second kappa shape index (κ2) is 9.44. The van der Waals surface area contributed by atoms with Gasteiger partial charge in [0.1, 0.15) is 5.75 Å². The number of hydrogen-bond donors (Lipinski definition) is 1. The van der Waals surface area contributed by atoms with Gasteiger partial charge in [-0.25, -0.2) is 0 Å². The summed E-state index contributed by atoms with van der Waals surface area (Å²) in [6.45, 7) is 3.07. The van der Waals surface area contributed by atoms with Crippen molar-refractivity contribution in [2.75, 3.05) is 20.2 Å². The van der Waals surface area contributed by atoms with Crippen LogP contribution >= 0.6 is 24.8 Å². The molecule has 154 valence electrons. The van der Waals surface area contributed by atoms with Crippen LogP contribution in [0, 0.1) is 6.92 Å². The molecule has 2 aromatic carbocycles. The molecule has 7 heteroatoms. The van der Waals surface area contributed by atoms with Gasteiger partial charge in [0.05, 0.1) is 18.2 Å². The predicted molar refractivity (Wildman–Crippen MR) is 121 cm³/mol. The SMILES string of the molecule is COc1ccc2nc(C)cc(C(=O)N3C[C@@H](N)[C@H](c4ccccc4)C3)c2c1.Cl.Cl. The predicted octanol–water partition coefficient (Wildman–Crippen LogP) is 3.96. The Labute approximate surface area is 183 Å². The van der Waals surface area contributed by atoms with Crippen LogP contribution in [0.3, 0.4) is 0 Å². The van der Waals surface area contributed by atoms with E-state index in [1.165, 1.54) is 5.56 Å². The van der Waals surface area contributed by atoms with Crippen LogP contribution in [-0.4, -0.2) is 42.0 Å². The molecule has 0 bridgehead atoms. The lowest BCUT2D eigenvalue weighted by atomic mass is 9.95. The van der Waals surface area contributed by atoms with Crippen molar-refractivity contribution in [3.63, 3.8) is 0 Å². The summed E-state index contributed by atoms with van der Waals surface area (Å²) in [6.07, 6.45) is 0. The number of aromatic nitrogens is 1. The van der Waals surface area contributed by atoms with E-state index in [2.05, 4.69) is 17.1 Å². The molecule has 1 amide bonds. The van der Waals surface area contributed by atoms with Gasteiger partial charge in [-0.05, 0) is 36.8 Å². The summed E-state index contributed by atoms with van der Waals surface area (Å²) < 4.78 is 5.33. The molecule has 1 aromatic heterocycles. The van der Waals surface area contributed by atoms with Crippen molar-refractivity contribution in [2.24, 2.45) is 5.73 Å². The van der Waals surface area contributed by atoms with E-state index in [1.54, 1.807) is 7.11 Å². The summed E-state index contributed by atoms with van der Waals surface area (Å²) in [5, 5.41) is 0.807. The first-order valence-corrected chi connectivity index (χ1v) is 9.12. The van der Waals surface area contributed by atoms with E-state index in [0.717, 1.165) is 16.6 Å². The van der Waals surface area contributed by atoms with Crippen molar-refractivity contribution >= 4 is 41.6 Å². The van der Waals surface area contributed by atoms with E-state index >= 15 is 0 Å². The molecular formula is C22H25Cl2N3O2. The number of rotatable bonds is 3. The summed E-state index contributed by atoms with van der Waals surface area (Å²) in [7, 11) is 1.62. The van der Waals surface area contributed by atoms with Crippen LogP contribution < -0.4 is 10.5 Å². The Hall–Kier alpha value is -2.34. The summed E-state index contributed by atoms with van der Waals surface area (Å²) >= 11 is 0. The van der Waals surface area contributed by atoms with Gasteiger partial charge in [0.15, 0.2) is 0 Å². The zero-order chi connectivity index (χ0) is 19.0. The first kappa shape index (κ1) is 22.9. The lowest BCUT2D eigenvalue weighted by Crippen LogP contribution is -2.32. The highest BCUT2D eigenvalue weighted by atomic mass is 35.5. The molecule has 1 saturated heterocycles. The standard InChI is InChI=1S/C22H23N3O2.2ClH/c1-14-10-18(17-11-16(27-2)8-9-21(17)24-14)22(26)25-12-19(20(23)13-25)15-6-4-3-5-7-15;;/h3-11,19-20H,12-13,23H2,1-2H3;2*1H/t19-,20+;;/m0../s1. The van der Waals surface area contributed by atoms with Gasteiger partial charge >= 0.3 is 0 Å². The van der Waals surface area contributed by atoms with Crippen LogP contribution in [0.2, 0.25) is 0 Å². The smallest absolute Gasteiger partial charge is 0.254 e. The number of halogens is 2. The van der Waals surface area contributed by atoms with Crippen LogP contribution in [0.1, 0.15) is 27.5 Å². The van der Waals surface area contributed by atoms with Crippen LogP contribution in [0.5, 0.6) is 5.75 Å². The number of ether oxygens (including phenoxy) is 1. The van der Waals surface area contributed by atoms with Gasteiger partial charge in [0.2, 0.25) is 0 Å². The molecule has 0 radical (unpaired) electrons. The minimum Gasteiger partial charge on any atom is -0.497 e. The first-order valence-electron chi connectivity index (χ1n) is 9.12. The van der Waals surface area contributed by atoms with E-state index in [0.29, 0.717) is 24.4 Å². The highest BCUT2D eigenvalue weighted by Gasteiger charge is 2.34. The second-order valence-electron chi connectivity index (χ2n) is 7.09. The Morgan fingerprint density at radius 3 is 2.52 bits per heavy atom. The largest absolute Gasteiger partial charge is 0.497 e. The number of fused-ring (bicyclic) bond motifs is 1. The Kier molecular flexibility index (Phi) is 7.47. The number of carbonyl (C=O) groups is 1. The molecule has 5 nitrogen and oxygen atoms in total. The molecule has 0 aliphatic carbocycles. The topological polar surface area (TPSA) is 68.5 Å². The van der Waals surface area contributed by atoms with Crippen molar-refractivity contribution in [1.82, 2.24) is 9.88 Å². The first-order chi connectivity index (χ1) is 13.1. The number of nitrogens with two attached hydrogens (primary N) is 1. The number of hydrogen-bond acceptors (Lipinski definition) is 4. The monoisotopic (exact) mass is 433 g/mol. The number of amides is 1. The van der Waals surface area contributed by atoms with Gasteiger partial charge in [-0.15, -0.1) is 24.8 Å². The maximum Gasteiger partial charge on any atom is 0.254 e. The number of pyridine rings is 1. The third-order valence-electron chi connectivity index (χ3n) is 5.25. The number of likely N-dealkylation sites (tertiary alicyclic amines) is 1. The van der Waals surface area contributed by atoms with Crippen LogP contribution in [0.15, 0.2) is 54.6 Å². The maximum absolute atomic E-state index is 13.3. The number of carbonyl (C=O) groups excluding carboxylic acids is 1. The van der Waals surface area contributed by atoms with Crippen molar-refractivity contribution in [2.45, 2.75) is 18.9 Å².